The summed E-state index contributed by atoms with van der Waals surface area (Å²) in [5.41, 5.74) is 7.03. The van der Waals surface area contributed by atoms with Gasteiger partial charge in [0.05, 0.1) is 13.0 Å². The second kappa shape index (κ2) is 5.75. The Morgan fingerprint density at radius 1 is 1.25 bits per heavy atom. The molecule has 5 heteroatoms. The van der Waals surface area contributed by atoms with Crippen molar-refractivity contribution < 1.29 is 9.59 Å². The van der Waals surface area contributed by atoms with Gasteiger partial charge in [-0.2, -0.15) is 0 Å². The van der Waals surface area contributed by atoms with Crippen molar-refractivity contribution in [2.24, 2.45) is 0 Å². The largest absolute Gasteiger partial charge is 0.398 e. The van der Waals surface area contributed by atoms with E-state index in [9.17, 15) is 9.59 Å². The van der Waals surface area contributed by atoms with Crippen LogP contribution in [0.2, 0.25) is 0 Å². The molecule has 0 aromatic heterocycles. The number of nitrogens with one attached hydrogen (secondary N) is 2. The molecule has 2 amide bonds. The summed E-state index contributed by atoms with van der Waals surface area (Å²) in [5.74, 6) is -0.448. The summed E-state index contributed by atoms with van der Waals surface area (Å²) in [7, 11) is 1.52. The maximum atomic E-state index is 11.4. The third-order valence-electron chi connectivity index (χ3n) is 2.13. The molecule has 0 saturated carbocycles. The van der Waals surface area contributed by atoms with Crippen LogP contribution in [-0.2, 0) is 16.0 Å². The van der Waals surface area contributed by atoms with Crippen LogP contribution in [0, 0.1) is 0 Å². The van der Waals surface area contributed by atoms with Crippen LogP contribution in [-0.4, -0.2) is 25.4 Å². The Labute approximate surface area is 94.0 Å². The maximum absolute atomic E-state index is 11.4. The molecule has 16 heavy (non-hydrogen) atoms. The van der Waals surface area contributed by atoms with Gasteiger partial charge in [0.25, 0.3) is 0 Å². The molecular weight excluding hydrogens is 206 g/mol. The highest BCUT2D eigenvalue weighted by Crippen LogP contribution is 2.10. The average molecular weight is 221 g/mol. The van der Waals surface area contributed by atoms with E-state index in [4.69, 9.17) is 5.73 Å². The molecular formula is C11H15N3O2. The molecule has 1 aromatic carbocycles. The number of hydrogen-bond acceptors (Lipinski definition) is 3. The SMILES string of the molecule is CNC(=O)CNC(=O)Cc1ccccc1N. The molecule has 0 bridgehead atoms. The van der Waals surface area contributed by atoms with Crippen LogP contribution in [0.4, 0.5) is 5.69 Å². The summed E-state index contributed by atoms with van der Waals surface area (Å²) in [5, 5.41) is 4.92. The zero-order chi connectivity index (χ0) is 12.0. The van der Waals surface area contributed by atoms with E-state index in [2.05, 4.69) is 10.6 Å². The minimum atomic E-state index is -0.227. The van der Waals surface area contributed by atoms with E-state index in [0.29, 0.717) is 5.69 Å². The third-order valence-corrected chi connectivity index (χ3v) is 2.13. The molecule has 0 aliphatic carbocycles. The fraction of sp³-hybridized carbons (Fsp3) is 0.273. The number of carbonyl (C=O) groups is 2. The van der Waals surface area contributed by atoms with Crippen molar-refractivity contribution in [2.45, 2.75) is 6.42 Å². The quantitative estimate of drug-likeness (QED) is 0.609. The molecule has 0 aliphatic rings. The Balaban J connectivity index is 2.46. The van der Waals surface area contributed by atoms with Crippen molar-refractivity contribution in [3.63, 3.8) is 0 Å². The smallest absolute Gasteiger partial charge is 0.239 e. The Bertz CT molecular complexity index is 391. The fourth-order valence-electron chi connectivity index (χ4n) is 1.20. The number of likely N-dealkylation sites (N-methyl/N-ethyl adjacent to an activating group) is 1. The Morgan fingerprint density at radius 2 is 1.94 bits per heavy atom. The number of amides is 2. The summed E-state index contributed by atoms with van der Waals surface area (Å²) in [6, 6.07) is 7.15. The first kappa shape index (κ1) is 12.0. The van der Waals surface area contributed by atoms with E-state index < -0.39 is 0 Å². The molecule has 4 N–H and O–H groups in total. The highest BCUT2D eigenvalue weighted by atomic mass is 16.2. The van der Waals surface area contributed by atoms with Crippen LogP contribution in [0.5, 0.6) is 0 Å². The monoisotopic (exact) mass is 221 g/mol. The predicted octanol–water partition coefficient (Wildman–Crippen LogP) is -0.326. The number of carbonyl (C=O) groups excluding carboxylic acids is 2. The molecule has 0 aliphatic heterocycles. The highest BCUT2D eigenvalue weighted by Gasteiger charge is 2.06. The van der Waals surface area contributed by atoms with Crippen LogP contribution in [0.1, 0.15) is 5.56 Å². The number of rotatable bonds is 4. The normalized spacial score (nSPS) is 9.56. The van der Waals surface area contributed by atoms with E-state index >= 15 is 0 Å². The maximum Gasteiger partial charge on any atom is 0.239 e. The number of nitrogen functional groups attached to an aromatic ring is 1. The molecule has 1 aromatic rings. The fourth-order valence-corrected chi connectivity index (χ4v) is 1.20. The summed E-state index contributed by atoms with van der Waals surface area (Å²) < 4.78 is 0. The minimum Gasteiger partial charge on any atom is -0.398 e. The lowest BCUT2D eigenvalue weighted by Gasteiger charge is -2.06. The second-order valence-electron chi connectivity index (χ2n) is 3.33. The molecule has 0 heterocycles. The van der Waals surface area contributed by atoms with Gasteiger partial charge in [-0.05, 0) is 11.6 Å². The van der Waals surface area contributed by atoms with Crippen LogP contribution in [0.25, 0.3) is 0 Å². The van der Waals surface area contributed by atoms with Crippen molar-refractivity contribution in [1.29, 1.82) is 0 Å². The van der Waals surface area contributed by atoms with Gasteiger partial charge in [-0.1, -0.05) is 18.2 Å². The van der Waals surface area contributed by atoms with E-state index in [1.165, 1.54) is 7.05 Å². The zero-order valence-electron chi connectivity index (χ0n) is 9.12. The van der Waals surface area contributed by atoms with Gasteiger partial charge in [-0.3, -0.25) is 9.59 Å². The number of anilines is 1. The molecule has 1 rings (SSSR count). The first-order valence-corrected chi connectivity index (χ1v) is 4.94. The third kappa shape index (κ3) is 3.61. The number of nitrogens with two attached hydrogens (primary N) is 1. The topological polar surface area (TPSA) is 84.2 Å². The van der Waals surface area contributed by atoms with Crippen LogP contribution in [0.3, 0.4) is 0 Å². The van der Waals surface area contributed by atoms with Gasteiger partial charge in [0.1, 0.15) is 0 Å². The summed E-state index contributed by atoms with van der Waals surface area (Å²) in [6.45, 7) is -0.0118. The zero-order valence-corrected chi connectivity index (χ0v) is 9.12. The van der Waals surface area contributed by atoms with Crippen molar-refractivity contribution in [2.75, 3.05) is 19.3 Å². The standard InChI is InChI=1S/C11H15N3O2/c1-13-11(16)7-14-10(15)6-8-4-2-3-5-9(8)12/h2-5H,6-7,12H2,1H3,(H,13,16)(H,14,15). The molecule has 0 saturated heterocycles. The first-order chi connectivity index (χ1) is 7.63. The first-order valence-electron chi connectivity index (χ1n) is 4.94. The Morgan fingerprint density at radius 3 is 2.56 bits per heavy atom. The molecule has 86 valence electrons. The summed E-state index contributed by atoms with van der Waals surface area (Å²) in [4.78, 5) is 22.3. The number of para-hydroxylation sites is 1. The van der Waals surface area contributed by atoms with E-state index in [1.54, 1.807) is 18.2 Å². The van der Waals surface area contributed by atoms with Gasteiger partial charge >= 0.3 is 0 Å². The van der Waals surface area contributed by atoms with Gasteiger partial charge in [-0.15, -0.1) is 0 Å². The second-order valence-corrected chi connectivity index (χ2v) is 3.33. The number of hydrogen-bond donors (Lipinski definition) is 3. The molecule has 0 atom stereocenters. The lowest BCUT2D eigenvalue weighted by molar-refractivity contribution is -0.125. The molecule has 0 spiro atoms. The molecule has 5 nitrogen and oxygen atoms in total. The Hall–Kier alpha value is -2.04. The summed E-state index contributed by atoms with van der Waals surface area (Å²) >= 11 is 0. The van der Waals surface area contributed by atoms with Crippen molar-refractivity contribution in [3.05, 3.63) is 29.8 Å². The molecule has 0 unspecified atom stereocenters. The van der Waals surface area contributed by atoms with Gasteiger partial charge in [0.2, 0.25) is 11.8 Å². The van der Waals surface area contributed by atoms with Crippen molar-refractivity contribution in [1.82, 2.24) is 10.6 Å². The van der Waals surface area contributed by atoms with E-state index in [-0.39, 0.29) is 24.8 Å². The summed E-state index contributed by atoms with van der Waals surface area (Å²) in [6.07, 6.45) is 0.184. The van der Waals surface area contributed by atoms with Crippen LogP contribution >= 0.6 is 0 Å². The highest BCUT2D eigenvalue weighted by molar-refractivity contribution is 5.86. The van der Waals surface area contributed by atoms with Gasteiger partial charge < -0.3 is 16.4 Å². The molecule has 0 radical (unpaired) electrons. The van der Waals surface area contributed by atoms with Gasteiger partial charge in [0, 0.05) is 12.7 Å². The van der Waals surface area contributed by atoms with Crippen LogP contribution in [0.15, 0.2) is 24.3 Å². The molecule has 0 fully saturated rings. The van der Waals surface area contributed by atoms with E-state index in [1.807, 2.05) is 6.07 Å². The van der Waals surface area contributed by atoms with Crippen molar-refractivity contribution in [3.8, 4) is 0 Å². The van der Waals surface area contributed by atoms with E-state index in [0.717, 1.165) is 5.56 Å². The van der Waals surface area contributed by atoms with Crippen LogP contribution < -0.4 is 16.4 Å². The van der Waals surface area contributed by atoms with Crippen molar-refractivity contribution >= 4 is 17.5 Å². The lowest BCUT2D eigenvalue weighted by Crippen LogP contribution is -2.35. The number of benzene rings is 1. The van der Waals surface area contributed by atoms with Gasteiger partial charge in [-0.25, -0.2) is 0 Å². The lowest BCUT2D eigenvalue weighted by atomic mass is 10.1. The Kier molecular flexibility index (Phi) is 4.32. The van der Waals surface area contributed by atoms with Gasteiger partial charge in [0.15, 0.2) is 0 Å². The predicted molar refractivity (Wildman–Crippen MR) is 61.6 cm³/mol. The average Bonchev–Trinajstić information content (AvgIpc) is 2.29. The minimum absolute atomic E-state index is 0.0118.